The maximum atomic E-state index is 12.6. The van der Waals surface area contributed by atoms with E-state index in [2.05, 4.69) is 21.7 Å². The molecule has 1 unspecified atom stereocenters. The monoisotopic (exact) mass is 382 g/mol. The number of halogens is 1. The van der Waals surface area contributed by atoms with E-state index < -0.39 is 0 Å². The van der Waals surface area contributed by atoms with Crippen LogP contribution in [0.2, 0.25) is 5.02 Å². The summed E-state index contributed by atoms with van der Waals surface area (Å²) in [6, 6.07) is 9.85. The van der Waals surface area contributed by atoms with Crippen LogP contribution < -0.4 is 10.6 Å². The first-order valence-corrected chi connectivity index (χ1v) is 9.70. The van der Waals surface area contributed by atoms with Crippen molar-refractivity contribution in [2.45, 2.75) is 32.2 Å². The van der Waals surface area contributed by atoms with Gasteiger partial charge in [-0.05, 0) is 61.6 Å². The van der Waals surface area contributed by atoms with E-state index in [1.165, 1.54) is 18.4 Å². The number of fused-ring (bicyclic) bond motifs is 1. The molecular formula is C21H23ClN4O. The smallest absolute Gasteiger partial charge is 0.251 e. The summed E-state index contributed by atoms with van der Waals surface area (Å²) < 4.78 is 1.90. The second-order valence-corrected chi connectivity index (χ2v) is 7.59. The van der Waals surface area contributed by atoms with Crippen LogP contribution in [-0.2, 0) is 6.54 Å². The Morgan fingerprint density at radius 2 is 2.26 bits per heavy atom. The number of aryl methyl sites for hydroxylation is 1. The predicted molar refractivity (Wildman–Crippen MR) is 107 cm³/mol. The number of piperidine rings is 1. The van der Waals surface area contributed by atoms with E-state index >= 15 is 0 Å². The number of hydrogen-bond donors (Lipinski definition) is 2. The van der Waals surface area contributed by atoms with Crippen molar-refractivity contribution in [1.82, 2.24) is 20.0 Å². The summed E-state index contributed by atoms with van der Waals surface area (Å²) in [4.78, 5) is 17.2. The fourth-order valence-corrected chi connectivity index (χ4v) is 3.97. The minimum absolute atomic E-state index is 0.0765. The van der Waals surface area contributed by atoms with Gasteiger partial charge in [-0.3, -0.25) is 4.79 Å². The Hall–Kier alpha value is -2.37. The Kier molecular flexibility index (Phi) is 5.14. The fraction of sp³-hybridized carbons (Fsp3) is 0.333. The van der Waals surface area contributed by atoms with E-state index in [9.17, 15) is 4.79 Å². The third-order valence-corrected chi connectivity index (χ3v) is 5.31. The van der Waals surface area contributed by atoms with Gasteiger partial charge in [-0.2, -0.15) is 0 Å². The van der Waals surface area contributed by atoms with E-state index in [1.807, 2.05) is 48.0 Å². The van der Waals surface area contributed by atoms with Crippen molar-refractivity contribution in [2.75, 3.05) is 13.1 Å². The molecule has 3 heterocycles. The van der Waals surface area contributed by atoms with E-state index in [0.29, 0.717) is 23.0 Å². The zero-order chi connectivity index (χ0) is 18.8. The van der Waals surface area contributed by atoms with Gasteiger partial charge in [0.1, 0.15) is 5.65 Å². The molecule has 27 heavy (non-hydrogen) atoms. The molecule has 1 amide bonds. The largest absolute Gasteiger partial charge is 0.346 e. The lowest BCUT2D eigenvalue weighted by Gasteiger charge is -2.23. The molecule has 0 saturated carbocycles. The molecule has 140 valence electrons. The molecule has 1 aliphatic rings. The van der Waals surface area contributed by atoms with Crippen LogP contribution in [0.1, 0.15) is 45.9 Å². The third kappa shape index (κ3) is 3.99. The van der Waals surface area contributed by atoms with E-state index in [0.717, 1.165) is 30.0 Å². The van der Waals surface area contributed by atoms with Crippen LogP contribution in [0.3, 0.4) is 0 Å². The van der Waals surface area contributed by atoms with Gasteiger partial charge in [-0.1, -0.05) is 23.7 Å². The molecule has 4 rings (SSSR count). The Morgan fingerprint density at radius 3 is 3.07 bits per heavy atom. The lowest BCUT2D eigenvalue weighted by molar-refractivity contribution is 0.0950. The first-order valence-electron chi connectivity index (χ1n) is 9.33. The van der Waals surface area contributed by atoms with Gasteiger partial charge in [0.15, 0.2) is 0 Å². The van der Waals surface area contributed by atoms with Crippen LogP contribution >= 0.6 is 11.6 Å². The van der Waals surface area contributed by atoms with E-state index in [-0.39, 0.29) is 5.91 Å². The highest BCUT2D eigenvalue weighted by molar-refractivity contribution is 6.30. The quantitative estimate of drug-likeness (QED) is 0.723. The highest BCUT2D eigenvalue weighted by Gasteiger charge is 2.16. The first kappa shape index (κ1) is 18.0. The molecule has 6 heteroatoms. The van der Waals surface area contributed by atoms with Gasteiger partial charge in [0, 0.05) is 24.5 Å². The summed E-state index contributed by atoms with van der Waals surface area (Å²) in [5.74, 6) is 0.407. The molecule has 0 spiro atoms. The molecule has 1 saturated heterocycles. The Balaban J connectivity index is 1.46. The van der Waals surface area contributed by atoms with Crippen LogP contribution in [0.4, 0.5) is 0 Å². The number of nitrogens with zero attached hydrogens (tertiary/aromatic N) is 2. The van der Waals surface area contributed by atoms with Gasteiger partial charge < -0.3 is 15.0 Å². The highest BCUT2D eigenvalue weighted by atomic mass is 35.5. The fourth-order valence-electron chi connectivity index (χ4n) is 3.70. The van der Waals surface area contributed by atoms with Crippen LogP contribution in [-0.4, -0.2) is 28.4 Å². The number of carbonyl (C=O) groups is 1. The molecule has 1 aliphatic heterocycles. The lowest BCUT2D eigenvalue weighted by Crippen LogP contribution is -2.28. The Morgan fingerprint density at radius 1 is 1.37 bits per heavy atom. The summed E-state index contributed by atoms with van der Waals surface area (Å²) >= 11 is 6.10. The van der Waals surface area contributed by atoms with Gasteiger partial charge >= 0.3 is 0 Å². The Bertz CT molecular complexity index is 975. The SMILES string of the molecule is Cc1cc(Cl)cn2cc(CNC(=O)c3cccc(C4CCCNC4)c3)nc12. The predicted octanol–water partition coefficient (Wildman–Crippen LogP) is 3.69. The number of aromatic nitrogens is 2. The topological polar surface area (TPSA) is 58.4 Å². The molecule has 3 aromatic rings. The molecule has 0 bridgehead atoms. The summed E-state index contributed by atoms with van der Waals surface area (Å²) in [5, 5.41) is 7.07. The second kappa shape index (κ2) is 7.71. The average Bonchev–Trinajstić information content (AvgIpc) is 3.10. The number of pyridine rings is 1. The molecule has 1 atom stereocenters. The van der Waals surface area contributed by atoms with Crippen LogP contribution in [0.25, 0.3) is 5.65 Å². The number of rotatable bonds is 4. The first-order chi connectivity index (χ1) is 13.1. The zero-order valence-corrected chi connectivity index (χ0v) is 16.1. The van der Waals surface area contributed by atoms with Gasteiger partial charge in [0.05, 0.1) is 17.3 Å². The minimum Gasteiger partial charge on any atom is -0.346 e. The van der Waals surface area contributed by atoms with Crippen LogP contribution in [0.15, 0.2) is 42.7 Å². The normalized spacial score (nSPS) is 17.2. The van der Waals surface area contributed by atoms with Gasteiger partial charge in [-0.25, -0.2) is 4.98 Å². The molecule has 1 aromatic carbocycles. The molecule has 0 aliphatic carbocycles. The summed E-state index contributed by atoms with van der Waals surface area (Å²) in [7, 11) is 0. The maximum Gasteiger partial charge on any atom is 0.251 e. The number of carbonyl (C=O) groups excluding carboxylic acids is 1. The summed E-state index contributed by atoms with van der Waals surface area (Å²) in [6.45, 7) is 4.42. The van der Waals surface area contributed by atoms with Crippen molar-refractivity contribution in [3.05, 3.63) is 70.1 Å². The van der Waals surface area contributed by atoms with Gasteiger partial charge in [0.2, 0.25) is 0 Å². The van der Waals surface area contributed by atoms with E-state index in [1.54, 1.807) is 0 Å². The number of imidazole rings is 1. The lowest BCUT2D eigenvalue weighted by atomic mass is 9.90. The molecule has 0 radical (unpaired) electrons. The second-order valence-electron chi connectivity index (χ2n) is 7.16. The number of benzene rings is 1. The summed E-state index contributed by atoms with van der Waals surface area (Å²) in [5.41, 5.74) is 4.60. The third-order valence-electron chi connectivity index (χ3n) is 5.10. The highest BCUT2D eigenvalue weighted by Crippen LogP contribution is 2.24. The number of nitrogens with one attached hydrogen (secondary N) is 2. The molecule has 2 aromatic heterocycles. The van der Waals surface area contributed by atoms with Crippen molar-refractivity contribution in [1.29, 1.82) is 0 Å². The van der Waals surface area contributed by atoms with Crippen molar-refractivity contribution in [3.63, 3.8) is 0 Å². The minimum atomic E-state index is -0.0765. The Labute approximate surface area is 163 Å². The van der Waals surface area contributed by atoms with E-state index in [4.69, 9.17) is 11.6 Å². The van der Waals surface area contributed by atoms with Crippen LogP contribution in [0.5, 0.6) is 0 Å². The maximum absolute atomic E-state index is 12.6. The van der Waals surface area contributed by atoms with Gasteiger partial charge in [-0.15, -0.1) is 0 Å². The van der Waals surface area contributed by atoms with Crippen molar-refractivity contribution < 1.29 is 4.79 Å². The molecule has 1 fully saturated rings. The number of hydrogen-bond acceptors (Lipinski definition) is 3. The summed E-state index contributed by atoms with van der Waals surface area (Å²) in [6.07, 6.45) is 6.07. The van der Waals surface area contributed by atoms with Crippen molar-refractivity contribution >= 4 is 23.2 Å². The average molecular weight is 383 g/mol. The molecule has 5 nitrogen and oxygen atoms in total. The zero-order valence-electron chi connectivity index (χ0n) is 15.3. The van der Waals surface area contributed by atoms with Crippen molar-refractivity contribution in [2.24, 2.45) is 0 Å². The van der Waals surface area contributed by atoms with Crippen LogP contribution in [0, 0.1) is 6.92 Å². The number of amides is 1. The molecular weight excluding hydrogens is 360 g/mol. The van der Waals surface area contributed by atoms with Gasteiger partial charge in [0.25, 0.3) is 5.91 Å². The van der Waals surface area contributed by atoms with Crippen molar-refractivity contribution in [3.8, 4) is 0 Å². The standard InChI is InChI=1S/C21H23ClN4O/c1-14-8-18(22)12-26-13-19(25-20(14)26)11-24-21(27)16-5-2-4-15(9-16)17-6-3-7-23-10-17/h2,4-5,8-9,12-13,17,23H,3,6-7,10-11H2,1H3,(H,24,27). The molecule has 2 N–H and O–H groups in total.